The number of rotatable bonds is 4. The van der Waals surface area contributed by atoms with Crippen LogP contribution >= 0.6 is 15.9 Å². The van der Waals surface area contributed by atoms with Gasteiger partial charge in [0.05, 0.1) is 0 Å². The molecule has 1 fully saturated rings. The molecule has 2 rings (SSSR count). The monoisotopic (exact) mass is 338 g/mol. The minimum absolute atomic E-state index is 0.257. The highest BCUT2D eigenvalue weighted by Crippen LogP contribution is 2.33. The number of piperidine rings is 1. The maximum atomic E-state index is 6.05. The summed E-state index contributed by atoms with van der Waals surface area (Å²) in [5, 5.41) is 0. The molecule has 0 saturated carbocycles. The maximum absolute atomic E-state index is 6.05. The Hall–Kier alpha value is -0.540. The SMILES string of the molecule is CCC(N)Cc1ccc(N2CCC(C)(C)CC2)cc1Br. The minimum atomic E-state index is 0.257. The van der Waals surface area contributed by atoms with Gasteiger partial charge in [-0.25, -0.2) is 0 Å². The first-order valence-electron chi connectivity index (χ1n) is 7.70. The van der Waals surface area contributed by atoms with Crippen LogP contribution in [-0.4, -0.2) is 19.1 Å². The third-order valence-corrected chi connectivity index (χ3v) is 5.26. The van der Waals surface area contributed by atoms with Crippen molar-refractivity contribution in [1.82, 2.24) is 0 Å². The maximum Gasteiger partial charge on any atom is 0.0377 e. The largest absolute Gasteiger partial charge is 0.371 e. The lowest BCUT2D eigenvalue weighted by molar-refractivity contribution is 0.280. The standard InChI is InChI=1S/C17H27BrN2/c1-4-14(19)11-13-5-6-15(12-16(13)18)20-9-7-17(2,3)8-10-20/h5-6,12,14H,4,7-11,19H2,1-3H3. The van der Waals surface area contributed by atoms with E-state index in [2.05, 4.69) is 59.8 Å². The van der Waals surface area contributed by atoms with Crippen LogP contribution < -0.4 is 10.6 Å². The quantitative estimate of drug-likeness (QED) is 0.883. The van der Waals surface area contributed by atoms with Crippen molar-refractivity contribution >= 4 is 21.6 Å². The van der Waals surface area contributed by atoms with E-state index in [0.717, 1.165) is 25.9 Å². The average molecular weight is 339 g/mol. The van der Waals surface area contributed by atoms with E-state index in [1.807, 2.05) is 0 Å². The first kappa shape index (κ1) is 15.8. The van der Waals surface area contributed by atoms with Gasteiger partial charge in [0.2, 0.25) is 0 Å². The molecular weight excluding hydrogens is 312 g/mol. The molecule has 1 aromatic rings. The molecule has 1 heterocycles. The summed E-state index contributed by atoms with van der Waals surface area (Å²) in [6.45, 7) is 9.20. The number of hydrogen-bond acceptors (Lipinski definition) is 2. The Morgan fingerprint density at radius 2 is 1.95 bits per heavy atom. The van der Waals surface area contributed by atoms with Crippen LogP contribution in [-0.2, 0) is 6.42 Å². The smallest absolute Gasteiger partial charge is 0.0377 e. The number of anilines is 1. The fourth-order valence-corrected chi connectivity index (χ4v) is 3.22. The number of halogens is 1. The molecule has 1 aliphatic heterocycles. The second-order valence-electron chi connectivity index (χ2n) is 6.80. The van der Waals surface area contributed by atoms with Crippen molar-refractivity contribution in [1.29, 1.82) is 0 Å². The number of benzene rings is 1. The highest BCUT2D eigenvalue weighted by Gasteiger charge is 2.25. The predicted octanol–water partition coefficient (Wildman–Crippen LogP) is 4.36. The third kappa shape index (κ3) is 3.98. The molecular formula is C17H27BrN2. The summed E-state index contributed by atoms with van der Waals surface area (Å²) >= 11 is 3.71. The van der Waals surface area contributed by atoms with Crippen LogP contribution in [0.2, 0.25) is 0 Å². The van der Waals surface area contributed by atoms with Crippen molar-refractivity contribution in [3.63, 3.8) is 0 Å². The summed E-state index contributed by atoms with van der Waals surface area (Å²) in [5.74, 6) is 0. The van der Waals surface area contributed by atoms with Gasteiger partial charge < -0.3 is 10.6 Å². The normalized spacial score (nSPS) is 19.9. The van der Waals surface area contributed by atoms with E-state index in [1.165, 1.54) is 28.6 Å². The molecule has 2 nitrogen and oxygen atoms in total. The van der Waals surface area contributed by atoms with Crippen LogP contribution in [0.4, 0.5) is 5.69 Å². The van der Waals surface area contributed by atoms with Crippen LogP contribution in [0, 0.1) is 5.41 Å². The minimum Gasteiger partial charge on any atom is -0.371 e. The fourth-order valence-electron chi connectivity index (χ4n) is 2.70. The molecule has 20 heavy (non-hydrogen) atoms. The predicted molar refractivity (Wildman–Crippen MR) is 91.3 cm³/mol. The molecule has 0 amide bonds. The van der Waals surface area contributed by atoms with E-state index in [-0.39, 0.29) is 6.04 Å². The van der Waals surface area contributed by atoms with Gasteiger partial charge in [0.15, 0.2) is 0 Å². The zero-order valence-electron chi connectivity index (χ0n) is 13.0. The molecule has 112 valence electrons. The molecule has 1 aromatic carbocycles. The van der Waals surface area contributed by atoms with Crippen molar-refractivity contribution in [2.45, 2.75) is 52.5 Å². The van der Waals surface area contributed by atoms with Gasteiger partial charge in [0, 0.05) is 29.3 Å². The zero-order chi connectivity index (χ0) is 14.8. The molecule has 0 aliphatic carbocycles. The Balaban J connectivity index is 2.06. The Morgan fingerprint density at radius 1 is 1.30 bits per heavy atom. The van der Waals surface area contributed by atoms with Crippen LogP contribution in [0.25, 0.3) is 0 Å². The molecule has 0 aromatic heterocycles. The van der Waals surface area contributed by atoms with Crippen LogP contribution in [0.5, 0.6) is 0 Å². The highest BCUT2D eigenvalue weighted by molar-refractivity contribution is 9.10. The molecule has 1 saturated heterocycles. The first-order chi connectivity index (χ1) is 9.41. The topological polar surface area (TPSA) is 29.3 Å². The second-order valence-corrected chi connectivity index (χ2v) is 7.65. The van der Waals surface area contributed by atoms with Crippen molar-refractivity contribution < 1.29 is 0 Å². The fraction of sp³-hybridized carbons (Fsp3) is 0.647. The molecule has 1 aliphatic rings. The molecule has 2 N–H and O–H groups in total. The van der Waals surface area contributed by atoms with Gasteiger partial charge in [0.1, 0.15) is 0 Å². The summed E-state index contributed by atoms with van der Waals surface area (Å²) in [5.41, 5.74) is 9.21. The van der Waals surface area contributed by atoms with Gasteiger partial charge in [-0.05, 0) is 48.8 Å². The van der Waals surface area contributed by atoms with Gasteiger partial charge >= 0.3 is 0 Å². The summed E-state index contributed by atoms with van der Waals surface area (Å²) < 4.78 is 1.20. The number of nitrogens with zero attached hydrogens (tertiary/aromatic N) is 1. The van der Waals surface area contributed by atoms with Crippen LogP contribution in [0.3, 0.4) is 0 Å². The summed E-state index contributed by atoms with van der Waals surface area (Å²) in [6, 6.07) is 7.00. The number of nitrogens with two attached hydrogens (primary N) is 1. The van der Waals surface area contributed by atoms with Crippen molar-refractivity contribution in [2.24, 2.45) is 11.1 Å². The van der Waals surface area contributed by atoms with E-state index < -0.39 is 0 Å². The molecule has 0 radical (unpaired) electrons. The Kier molecular flexibility index (Phi) is 5.14. The van der Waals surface area contributed by atoms with E-state index in [1.54, 1.807) is 0 Å². The lowest BCUT2D eigenvalue weighted by Gasteiger charge is -2.38. The second kappa shape index (κ2) is 6.48. The molecule has 0 bridgehead atoms. The summed E-state index contributed by atoms with van der Waals surface area (Å²) in [4.78, 5) is 2.50. The van der Waals surface area contributed by atoms with E-state index >= 15 is 0 Å². The zero-order valence-corrected chi connectivity index (χ0v) is 14.5. The highest BCUT2D eigenvalue weighted by atomic mass is 79.9. The Labute approximate surface area is 131 Å². The van der Waals surface area contributed by atoms with Crippen LogP contribution in [0.15, 0.2) is 22.7 Å². The van der Waals surface area contributed by atoms with Gasteiger partial charge in [-0.1, -0.05) is 42.8 Å². The lowest BCUT2D eigenvalue weighted by Crippen LogP contribution is -2.37. The Morgan fingerprint density at radius 3 is 2.50 bits per heavy atom. The average Bonchev–Trinajstić information content (AvgIpc) is 2.41. The summed E-state index contributed by atoms with van der Waals surface area (Å²) in [6.07, 6.45) is 4.51. The molecule has 1 atom stereocenters. The van der Waals surface area contributed by atoms with Crippen molar-refractivity contribution in [2.75, 3.05) is 18.0 Å². The van der Waals surface area contributed by atoms with E-state index in [4.69, 9.17) is 5.73 Å². The van der Waals surface area contributed by atoms with Crippen molar-refractivity contribution in [3.05, 3.63) is 28.2 Å². The van der Waals surface area contributed by atoms with Gasteiger partial charge in [-0.3, -0.25) is 0 Å². The Bertz CT molecular complexity index is 446. The van der Waals surface area contributed by atoms with Gasteiger partial charge in [-0.2, -0.15) is 0 Å². The van der Waals surface area contributed by atoms with E-state index in [0.29, 0.717) is 5.41 Å². The van der Waals surface area contributed by atoms with Crippen LogP contribution in [0.1, 0.15) is 45.6 Å². The van der Waals surface area contributed by atoms with Gasteiger partial charge in [0.25, 0.3) is 0 Å². The summed E-state index contributed by atoms with van der Waals surface area (Å²) in [7, 11) is 0. The van der Waals surface area contributed by atoms with Crippen molar-refractivity contribution in [3.8, 4) is 0 Å². The lowest BCUT2D eigenvalue weighted by atomic mass is 9.82. The van der Waals surface area contributed by atoms with E-state index in [9.17, 15) is 0 Å². The number of hydrogen-bond donors (Lipinski definition) is 1. The molecule has 0 spiro atoms. The van der Waals surface area contributed by atoms with Gasteiger partial charge in [-0.15, -0.1) is 0 Å². The first-order valence-corrected chi connectivity index (χ1v) is 8.49. The molecule has 1 unspecified atom stereocenters. The molecule has 3 heteroatoms. The third-order valence-electron chi connectivity index (χ3n) is 4.53.